The van der Waals surface area contributed by atoms with Crippen LogP contribution in [0, 0.1) is 25.7 Å². The van der Waals surface area contributed by atoms with E-state index in [2.05, 4.69) is 20.6 Å². The zero-order chi connectivity index (χ0) is 25.4. The highest BCUT2D eigenvalue weighted by atomic mass is 32.1. The minimum absolute atomic E-state index is 0.0302. The zero-order valence-electron chi connectivity index (χ0n) is 19.9. The fourth-order valence-corrected chi connectivity index (χ4v) is 6.31. The van der Waals surface area contributed by atoms with Crippen LogP contribution in [-0.2, 0) is 0 Å². The fraction of sp³-hybridized carbons (Fsp3) is 0.417. The Morgan fingerprint density at radius 3 is 1.75 bits per heavy atom. The van der Waals surface area contributed by atoms with E-state index in [9.17, 15) is 19.2 Å². The number of fused-ring (bicyclic) bond motifs is 2. The maximum absolute atomic E-state index is 12.7. The minimum atomic E-state index is -0.423. The molecule has 0 aliphatic heterocycles. The number of thiazole rings is 2. The number of amides is 2. The molecule has 2 atom stereocenters. The quantitative estimate of drug-likeness (QED) is 0.397. The Labute approximate surface area is 214 Å². The molecule has 1 saturated carbocycles. The van der Waals surface area contributed by atoms with Gasteiger partial charge < -0.3 is 10.6 Å². The van der Waals surface area contributed by atoms with E-state index < -0.39 is 11.8 Å². The summed E-state index contributed by atoms with van der Waals surface area (Å²) < 4.78 is 2.82. The molecule has 1 aliphatic carbocycles. The maximum Gasteiger partial charge on any atom is 0.271 e. The molecule has 188 valence electrons. The average Bonchev–Trinajstić information content (AvgIpc) is 3.44. The van der Waals surface area contributed by atoms with E-state index in [1.807, 2.05) is 13.8 Å². The molecular formula is C24H26N6O4S2. The normalized spacial score (nSPS) is 17.9. The van der Waals surface area contributed by atoms with Crippen LogP contribution < -0.4 is 21.8 Å². The number of hydrogen-bond acceptors (Lipinski definition) is 8. The van der Waals surface area contributed by atoms with Gasteiger partial charge in [0.15, 0.2) is 9.92 Å². The van der Waals surface area contributed by atoms with E-state index in [1.165, 1.54) is 43.9 Å². The summed E-state index contributed by atoms with van der Waals surface area (Å²) in [7, 11) is 0. The molecule has 10 nitrogen and oxygen atoms in total. The Morgan fingerprint density at radius 2 is 1.31 bits per heavy atom. The molecule has 36 heavy (non-hydrogen) atoms. The molecule has 1 fully saturated rings. The first-order valence-corrected chi connectivity index (χ1v) is 13.5. The Hall–Kier alpha value is -3.38. The number of nitrogens with zero attached hydrogens (tertiary/aromatic N) is 4. The van der Waals surface area contributed by atoms with Crippen LogP contribution in [0.4, 0.5) is 0 Å². The van der Waals surface area contributed by atoms with Crippen molar-refractivity contribution in [2.75, 3.05) is 13.1 Å². The van der Waals surface area contributed by atoms with Gasteiger partial charge in [0.1, 0.15) is 11.1 Å². The molecule has 4 heterocycles. The van der Waals surface area contributed by atoms with E-state index >= 15 is 0 Å². The fourth-order valence-electron chi connectivity index (χ4n) is 4.74. The molecule has 2 amide bonds. The van der Waals surface area contributed by atoms with Gasteiger partial charge in [0.25, 0.3) is 22.9 Å². The predicted octanol–water partition coefficient (Wildman–Crippen LogP) is 2.41. The second-order valence-corrected chi connectivity index (χ2v) is 11.7. The lowest BCUT2D eigenvalue weighted by Gasteiger charge is -2.29. The van der Waals surface area contributed by atoms with E-state index in [1.54, 1.807) is 12.4 Å². The average molecular weight is 527 g/mol. The van der Waals surface area contributed by atoms with E-state index in [0.29, 0.717) is 23.0 Å². The number of aryl methyl sites for hydroxylation is 2. The van der Waals surface area contributed by atoms with Crippen molar-refractivity contribution < 1.29 is 9.59 Å². The van der Waals surface area contributed by atoms with Crippen molar-refractivity contribution in [2.24, 2.45) is 11.8 Å². The predicted molar refractivity (Wildman–Crippen MR) is 138 cm³/mol. The summed E-state index contributed by atoms with van der Waals surface area (Å²) in [5.41, 5.74) is -0.676. The highest BCUT2D eigenvalue weighted by Gasteiger charge is 2.24. The molecule has 1 aliphatic rings. The van der Waals surface area contributed by atoms with Crippen LogP contribution in [0.25, 0.3) is 9.92 Å². The maximum atomic E-state index is 12.7. The van der Waals surface area contributed by atoms with E-state index in [-0.39, 0.29) is 34.1 Å². The van der Waals surface area contributed by atoms with Crippen LogP contribution in [0.3, 0.4) is 0 Å². The lowest BCUT2D eigenvalue weighted by Crippen LogP contribution is -2.38. The molecule has 0 saturated heterocycles. The number of nitrogens with one attached hydrogen (secondary N) is 2. The van der Waals surface area contributed by atoms with Crippen molar-refractivity contribution in [3.8, 4) is 0 Å². The van der Waals surface area contributed by atoms with Gasteiger partial charge in [-0.15, -0.1) is 22.7 Å². The third-order valence-corrected chi connectivity index (χ3v) is 8.35. The number of carbonyl (C=O) groups is 2. The standard InChI is InChI=1S/C24H26N6O4S2/c1-13-11-29-21(33)17(9-27-23(29)35-13)19(31)25-7-15-4-3-5-16(6-15)8-26-20(32)18-10-28-24-30(22(18)34)12-14(2)36-24/h9-12,15-16H,3-8H2,1-2H3,(H,25,31)(H,26,32)/t15-,16+. The molecule has 0 spiro atoms. The molecule has 0 unspecified atom stereocenters. The van der Waals surface area contributed by atoms with Gasteiger partial charge in [-0.25, -0.2) is 9.97 Å². The first-order valence-electron chi connectivity index (χ1n) is 11.8. The van der Waals surface area contributed by atoms with Crippen molar-refractivity contribution in [1.29, 1.82) is 0 Å². The summed E-state index contributed by atoms with van der Waals surface area (Å²) >= 11 is 2.80. The molecule has 4 aromatic rings. The molecule has 12 heteroatoms. The van der Waals surface area contributed by atoms with E-state index in [0.717, 1.165) is 35.4 Å². The van der Waals surface area contributed by atoms with Crippen molar-refractivity contribution in [2.45, 2.75) is 39.5 Å². The smallest absolute Gasteiger partial charge is 0.271 e. The van der Waals surface area contributed by atoms with Crippen LogP contribution in [0.1, 0.15) is 56.2 Å². The third-order valence-electron chi connectivity index (χ3n) is 6.53. The van der Waals surface area contributed by atoms with Crippen LogP contribution in [0.5, 0.6) is 0 Å². The van der Waals surface area contributed by atoms with Crippen LogP contribution >= 0.6 is 22.7 Å². The van der Waals surface area contributed by atoms with Crippen molar-refractivity contribution in [3.63, 3.8) is 0 Å². The highest BCUT2D eigenvalue weighted by Crippen LogP contribution is 2.28. The molecule has 0 aromatic carbocycles. The first kappa shape index (κ1) is 24.3. The number of aromatic nitrogens is 4. The Balaban J connectivity index is 1.16. The van der Waals surface area contributed by atoms with Crippen LogP contribution in [-0.4, -0.2) is 43.7 Å². The van der Waals surface area contributed by atoms with Gasteiger partial charge in [-0.3, -0.25) is 28.0 Å². The summed E-state index contributed by atoms with van der Waals surface area (Å²) in [6, 6.07) is 0. The minimum Gasteiger partial charge on any atom is -0.352 e. The second kappa shape index (κ2) is 9.94. The van der Waals surface area contributed by atoms with Gasteiger partial charge in [0, 0.05) is 47.6 Å². The second-order valence-electron chi connectivity index (χ2n) is 9.26. The summed E-state index contributed by atoms with van der Waals surface area (Å²) in [4.78, 5) is 62.2. The largest absolute Gasteiger partial charge is 0.352 e. The van der Waals surface area contributed by atoms with Crippen molar-refractivity contribution in [1.82, 2.24) is 29.4 Å². The molecule has 4 aromatic heterocycles. The number of rotatable bonds is 6. The lowest BCUT2D eigenvalue weighted by atomic mass is 9.81. The van der Waals surface area contributed by atoms with Crippen LogP contribution in [0.2, 0.25) is 0 Å². The monoisotopic (exact) mass is 526 g/mol. The summed E-state index contributed by atoms with van der Waals surface area (Å²) in [6.07, 6.45) is 9.81. The molecular weight excluding hydrogens is 500 g/mol. The molecule has 0 radical (unpaired) electrons. The van der Waals surface area contributed by atoms with Gasteiger partial charge in [-0.1, -0.05) is 6.42 Å². The Bertz CT molecular complexity index is 1470. The van der Waals surface area contributed by atoms with Crippen molar-refractivity contribution in [3.05, 3.63) is 66.4 Å². The summed E-state index contributed by atoms with van der Waals surface area (Å²) in [5.74, 6) is -0.365. The Morgan fingerprint density at radius 1 is 0.861 bits per heavy atom. The molecule has 0 bridgehead atoms. The molecule has 2 N–H and O–H groups in total. The van der Waals surface area contributed by atoms with Gasteiger partial charge in [-0.2, -0.15) is 0 Å². The van der Waals surface area contributed by atoms with Crippen LogP contribution in [0.15, 0.2) is 34.4 Å². The van der Waals surface area contributed by atoms with Gasteiger partial charge in [0.05, 0.1) is 0 Å². The van der Waals surface area contributed by atoms with Gasteiger partial charge in [-0.05, 0) is 44.9 Å². The first-order chi connectivity index (χ1) is 17.3. The topological polar surface area (TPSA) is 127 Å². The summed E-state index contributed by atoms with van der Waals surface area (Å²) in [5, 5.41) is 5.78. The highest BCUT2D eigenvalue weighted by molar-refractivity contribution is 7.17. The van der Waals surface area contributed by atoms with Gasteiger partial charge >= 0.3 is 0 Å². The zero-order valence-corrected chi connectivity index (χ0v) is 21.6. The number of hydrogen-bond donors (Lipinski definition) is 2. The Kier molecular flexibility index (Phi) is 6.71. The van der Waals surface area contributed by atoms with Crippen molar-refractivity contribution >= 4 is 44.4 Å². The molecule has 5 rings (SSSR count). The lowest BCUT2D eigenvalue weighted by molar-refractivity contribution is 0.0933. The van der Waals surface area contributed by atoms with E-state index in [4.69, 9.17) is 0 Å². The third kappa shape index (κ3) is 4.82. The number of carbonyl (C=O) groups excluding carboxylic acids is 2. The summed E-state index contributed by atoms with van der Waals surface area (Å²) in [6.45, 7) is 4.68. The van der Waals surface area contributed by atoms with Gasteiger partial charge in [0.2, 0.25) is 0 Å². The SMILES string of the molecule is Cc1cn2c(=O)c(C(=O)NC[C@H]3CCC[C@@H](CNC(=O)c4cnc5sc(C)cn5c4=O)C3)cnc2s1.